The van der Waals surface area contributed by atoms with Crippen molar-refractivity contribution in [2.45, 2.75) is 205 Å². The molecule has 0 aliphatic carbocycles. The van der Waals surface area contributed by atoms with E-state index in [9.17, 15) is 28.5 Å². The quantitative estimate of drug-likeness (QED) is 0.0201. The number of hydrogen-bond donors (Lipinski definition) is 4. The van der Waals surface area contributed by atoms with Gasteiger partial charge in [-0.25, -0.2) is 4.18 Å². The average Bonchev–Trinajstić information content (AvgIpc) is 3.19. The third-order valence-corrected chi connectivity index (χ3v) is 10.4. The first-order valence-electron chi connectivity index (χ1n) is 22.4. The van der Waals surface area contributed by atoms with Crippen LogP contribution >= 0.6 is 0 Å². The largest absolute Gasteiger partial charge is 0.457 e. The summed E-state index contributed by atoms with van der Waals surface area (Å²) >= 11 is 0. The van der Waals surface area contributed by atoms with Crippen LogP contribution in [-0.2, 0) is 38.3 Å². The minimum absolute atomic E-state index is 0.0330. The number of aliphatic hydroxyl groups is 3. The summed E-state index contributed by atoms with van der Waals surface area (Å²) in [6.07, 6.45) is 34.3. The van der Waals surface area contributed by atoms with Crippen molar-refractivity contribution in [2.75, 3.05) is 26.4 Å². The van der Waals surface area contributed by atoms with Gasteiger partial charge >= 0.3 is 16.4 Å². The summed E-state index contributed by atoms with van der Waals surface area (Å²) in [5, 5.41) is 30.6. The van der Waals surface area contributed by atoms with E-state index in [2.05, 4.69) is 66.6 Å². The SMILES string of the molecule is CC/C=C\C/C=C\C/C=C\C/C=C\CCCCCCCCCCC(=O)OC(COCCCCCCCCCCCC)COC1OC(CO)C(O)C(OS(=O)(=O)O)C1O. The normalized spacial score (nSPS) is 21.0. The van der Waals surface area contributed by atoms with E-state index in [1.54, 1.807) is 0 Å². The summed E-state index contributed by atoms with van der Waals surface area (Å²) in [6, 6.07) is 0. The van der Waals surface area contributed by atoms with Gasteiger partial charge in [-0.2, -0.15) is 8.42 Å². The number of esters is 1. The van der Waals surface area contributed by atoms with Gasteiger partial charge in [-0.05, 0) is 51.4 Å². The Hall–Kier alpha value is -1.94. The molecule has 338 valence electrons. The molecule has 6 unspecified atom stereocenters. The summed E-state index contributed by atoms with van der Waals surface area (Å²) in [4.78, 5) is 12.8. The van der Waals surface area contributed by atoms with Crippen LogP contribution in [0.5, 0.6) is 0 Å². The fraction of sp³-hybridized carbons (Fsp3) is 0.800. The van der Waals surface area contributed by atoms with Crippen LogP contribution in [0, 0.1) is 0 Å². The van der Waals surface area contributed by atoms with E-state index in [0.717, 1.165) is 70.6 Å². The first-order valence-corrected chi connectivity index (χ1v) is 23.8. The molecule has 1 aliphatic rings. The summed E-state index contributed by atoms with van der Waals surface area (Å²) in [5.41, 5.74) is 0. The van der Waals surface area contributed by atoms with Crippen molar-refractivity contribution in [1.29, 1.82) is 0 Å². The highest BCUT2D eigenvalue weighted by molar-refractivity contribution is 7.80. The second kappa shape index (κ2) is 36.9. The van der Waals surface area contributed by atoms with Crippen LogP contribution in [0.1, 0.15) is 168 Å². The van der Waals surface area contributed by atoms with E-state index in [1.165, 1.54) is 70.6 Å². The van der Waals surface area contributed by atoms with Gasteiger partial charge in [0.1, 0.15) is 30.5 Å². The van der Waals surface area contributed by atoms with Crippen molar-refractivity contribution < 1.29 is 56.2 Å². The smallest absolute Gasteiger partial charge is 0.397 e. The molecule has 58 heavy (non-hydrogen) atoms. The van der Waals surface area contributed by atoms with Crippen molar-refractivity contribution in [2.24, 2.45) is 0 Å². The second-order valence-electron chi connectivity index (χ2n) is 15.3. The van der Waals surface area contributed by atoms with Crippen molar-refractivity contribution in [1.82, 2.24) is 0 Å². The molecule has 0 aromatic rings. The number of allylic oxidation sites excluding steroid dienone is 8. The Bertz CT molecular complexity index is 1200. The summed E-state index contributed by atoms with van der Waals surface area (Å²) in [7, 11) is -5.06. The second-order valence-corrected chi connectivity index (χ2v) is 16.3. The van der Waals surface area contributed by atoms with Gasteiger partial charge in [0.2, 0.25) is 0 Å². The lowest BCUT2D eigenvalue weighted by molar-refractivity contribution is -0.301. The zero-order chi connectivity index (χ0) is 42.5. The predicted octanol–water partition coefficient (Wildman–Crippen LogP) is 9.19. The average molecular weight is 845 g/mol. The van der Waals surface area contributed by atoms with Crippen LogP contribution in [0.25, 0.3) is 0 Å². The number of rotatable bonds is 38. The van der Waals surface area contributed by atoms with Crippen molar-refractivity contribution in [3.05, 3.63) is 48.6 Å². The summed E-state index contributed by atoms with van der Waals surface area (Å²) in [6.45, 7) is 3.85. The monoisotopic (exact) mass is 845 g/mol. The Kier molecular flexibility index (Phi) is 34.4. The highest BCUT2D eigenvalue weighted by Gasteiger charge is 2.48. The van der Waals surface area contributed by atoms with Gasteiger partial charge in [-0.15, -0.1) is 0 Å². The number of hydrogen-bond acceptors (Lipinski definition) is 11. The molecule has 13 heteroatoms. The molecule has 4 N–H and O–H groups in total. The first kappa shape index (κ1) is 54.1. The van der Waals surface area contributed by atoms with Crippen LogP contribution < -0.4 is 0 Å². The number of carbonyl (C=O) groups excluding carboxylic acids is 1. The number of aliphatic hydroxyl groups excluding tert-OH is 3. The van der Waals surface area contributed by atoms with Gasteiger partial charge in [0.15, 0.2) is 6.29 Å². The van der Waals surface area contributed by atoms with Gasteiger partial charge in [-0.1, -0.05) is 159 Å². The molecule has 0 radical (unpaired) electrons. The lowest BCUT2D eigenvalue weighted by atomic mass is 9.99. The van der Waals surface area contributed by atoms with E-state index in [4.69, 9.17) is 23.5 Å². The molecule has 1 rings (SSSR count). The van der Waals surface area contributed by atoms with Gasteiger partial charge in [-0.3, -0.25) is 9.35 Å². The molecule has 0 aromatic heterocycles. The molecule has 0 bridgehead atoms. The molecule has 1 heterocycles. The molecule has 1 aliphatic heterocycles. The molecule has 0 spiro atoms. The zero-order valence-corrected chi connectivity index (χ0v) is 36.7. The van der Waals surface area contributed by atoms with E-state index in [0.29, 0.717) is 13.0 Å². The lowest BCUT2D eigenvalue weighted by Crippen LogP contribution is -2.60. The third kappa shape index (κ3) is 30.1. The van der Waals surface area contributed by atoms with Crippen molar-refractivity contribution >= 4 is 16.4 Å². The van der Waals surface area contributed by atoms with Gasteiger partial charge in [0.25, 0.3) is 0 Å². The van der Waals surface area contributed by atoms with Crippen LogP contribution in [0.15, 0.2) is 48.6 Å². The Morgan fingerprint density at radius 1 is 0.672 bits per heavy atom. The summed E-state index contributed by atoms with van der Waals surface area (Å²) < 4.78 is 58.9. The maximum absolute atomic E-state index is 12.8. The molecule has 1 fully saturated rings. The highest BCUT2D eigenvalue weighted by Crippen LogP contribution is 2.26. The third-order valence-electron chi connectivity index (χ3n) is 9.97. The minimum atomic E-state index is -5.06. The van der Waals surface area contributed by atoms with Gasteiger partial charge < -0.3 is 34.3 Å². The molecular weight excluding hydrogens is 765 g/mol. The van der Waals surface area contributed by atoms with E-state index >= 15 is 0 Å². The lowest BCUT2D eigenvalue weighted by Gasteiger charge is -2.41. The zero-order valence-electron chi connectivity index (χ0n) is 35.8. The first-order chi connectivity index (χ1) is 28.1. The summed E-state index contributed by atoms with van der Waals surface area (Å²) in [5.74, 6) is -0.409. The van der Waals surface area contributed by atoms with E-state index < -0.39 is 59.8 Å². The minimum Gasteiger partial charge on any atom is -0.457 e. The molecule has 0 amide bonds. The van der Waals surface area contributed by atoms with Crippen molar-refractivity contribution in [3.63, 3.8) is 0 Å². The molecule has 6 atom stereocenters. The standard InChI is InChI=1S/C45H80O12S/c1-3-5-7-9-11-13-15-16-17-18-19-20-21-22-23-24-25-26-28-30-32-34-41(47)55-39(37-53-35-33-31-29-27-14-12-10-8-6-4-2)38-54-45-43(49)44(57-58(50,51)52)42(48)40(36-46)56-45/h5,7,11,13,16-17,19-20,39-40,42-46,48-49H,3-4,6,8-10,12,14-15,18,21-38H2,1-2H3,(H,50,51,52)/b7-5-,13-11-,17-16-,20-19-. The number of carbonyl (C=O) groups is 1. The van der Waals surface area contributed by atoms with Crippen LogP contribution in [0.2, 0.25) is 0 Å². The number of unbranched alkanes of at least 4 members (excludes halogenated alkanes) is 17. The van der Waals surface area contributed by atoms with Gasteiger partial charge in [0.05, 0.1) is 19.8 Å². The fourth-order valence-electron chi connectivity index (χ4n) is 6.60. The molecule has 0 saturated carbocycles. The predicted molar refractivity (Wildman–Crippen MR) is 230 cm³/mol. The Labute approximate surface area is 351 Å². The van der Waals surface area contributed by atoms with Gasteiger partial charge in [0, 0.05) is 13.0 Å². The molecule has 12 nitrogen and oxygen atoms in total. The maximum atomic E-state index is 12.8. The van der Waals surface area contributed by atoms with Crippen LogP contribution in [0.4, 0.5) is 0 Å². The molecule has 1 saturated heterocycles. The molecular formula is C45H80O12S. The Morgan fingerprint density at radius 3 is 1.74 bits per heavy atom. The van der Waals surface area contributed by atoms with Crippen molar-refractivity contribution in [3.8, 4) is 0 Å². The Morgan fingerprint density at radius 2 is 1.19 bits per heavy atom. The highest BCUT2D eigenvalue weighted by atomic mass is 32.3. The number of ether oxygens (including phenoxy) is 4. The van der Waals surface area contributed by atoms with E-state index in [-0.39, 0.29) is 19.6 Å². The van der Waals surface area contributed by atoms with E-state index in [1.807, 2.05) is 0 Å². The fourth-order valence-corrected chi connectivity index (χ4v) is 7.11. The maximum Gasteiger partial charge on any atom is 0.397 e. The van der Waals surface area contributed by atoms with Crippen LogP contribution in [-0.4, -0.2) is 97.5 Å². The Balaban J connectivity index is 2.39. The molecule has 0 aromatic carbocycles. The van der Waals surface area contributed by atoms with Crippen LogP contribution in [0.3, 0.4) is 0 Å². The topological polar surface area (TPSA) is 178 Å².